The van der Waals surface area contributed by atoms with Gasteiger partial charge in [0, 0.05) is 6.04 Å². The van der Waals surface area contributed by atoms with Crippen LogP contribution < -0.4 is 14.8 Å². The van der Waals surface area contributed by atoms with E-state index in [4.69, 9.17) is 9.47 Å². The minimum Gasteiger partial charge on any atom is -0.494 e. The van der Waals surface area contributed by atoms with Crippen LogP contribution >= 0.6 is 0 Å². The molecule has 3 heteroatoms. The van der Waals surface area contributed by atoms with Crippen molar-refractivity contribution < 1.29 is 9.47 Å². The smallest absolute Gasteiger partial charge is 0.119 e. The molecule has 0 radical (unpaired) electrons. The number of piperidine rings is 1. The van der Waals surface area contributed by atoms with Crippen molar-refractivity contribution in [2.75, 3.05) is 19.8 Å². The van der Waals surface area contributed by atoms with E-state index in [0.717, 1.165) is 44.1 Å². The predicted molar refractivity (Wildman–Crippen MR) is 78.0 cm³/mol. The van der Waals surface area contributed by atoms with E-state index in [0.29, 0.717) is 6.04 Å². The van der Waals surface area contributed by atoms with Gasteiger partial charge in [-0.05, 0) is 56.5 Å². The highest BCUT2D eigenvalue weighted by atomic mass is 16.5. The summed E-state index contributed by atoms with van der Waals surface area (Å²) in [4.78, 5) is 0. The molecule has 1 fully saturated rings. The number of rotatable bonds is 7. The molecule has 0 aromatic heterocycles. The molecule has 3 nitrogen and oxygen atoms in total. The van der Waals surface area contributed by atoms with Crippen molar-refractivity contribution in [3.63, 3.8) is 0 Å². The van der Waals surface area contributed by atoms with Crippen LogP contribution in [-0.2, 0) is 0 Å². The van der Waals surface area contributed by atoms with Crippen molar-refractivity contribution in [2.45, 2.75) is 45.1 Å². The van der Waals surface area contributed by atoms with Crippen LogP contribution in [0.5, 0.6) is 11.5 Å². The van der Waals surface area contributed by atoms with Crippen LogP contribution in [0.15, 0.2) is 24.3 Å². The lowest BCUT2D eigenvalue weighted by atomic mass is 10.0. The van der Waals surface area contributed by atoms with E-state index in [1.165, 1.54) is 19.3 Å². The van der Waals surface area contributed by atoms with Crippen LogP contribution in [0.4, 0.5) is 0 Å². The summed E-state index contributed by atoms with van der Waals surface area (Å²) >= 11 is 0. The number of hydrogen-bond donors (Lipinski definition) is 1. The maximum atomic E-state index is 5.77. The van der Waals surface area contributed by atoms with Gasteiger partial charge in [0.15, 0.2) is 0 Å². The second kappa shape index (κ2) is 8.05. The molecule has 1 aromatic rings. The van der Waals surface area contributed by atoms with Gasteiger partial charge in [0.1, 0.15) is 11.5 Å². The largest absolute Gasteiger partial charge is 0.494 e. The molecule has 106 valence electrons. The molecule has 2 rings (SSSR count). The highest BCUT2D eigenvalue weighted by Gasteiger charge is 2.11. The van der Waals surface area contributed by atoms with Gasteiger partial charge in [-0.15, -0.1) is 0 Å². The lowest BCUT2D eigenvalue weighted by Crippen LogP contribution is -2.35. The first-order valence-electron chi connectivity index (χ1n) is 7.47. The minimum atomic E-state index is 0.640. The summed E-state index contributed by atoms with van der Waals surface area (Å²) < 4.78 is 11.3. The molecule has 0 amide bonds. The lowest BCUT2D eigenvalue weighted by Gasteiger charge is -2.23. The van der Waals surface area contributed by atoms with Gasteiger partial charge in [-0.1, -0.05) is 13.3 Å². The Labute approximate surface area is 116 Å². The van der Waals surface area contributed by atoms with Crippen molar-refractivity contribution in [1.82, 2.24) is 5.32 Å². The third-order valence-corrected chi connectivity index (χ3v) is 3.44. The Morgan fingerprint density at radius 3 is 2.32 bits per heavy atom. The van der Waals surface area contributed by atoms with Crippen molar-refractivity contribution in [3.05, 3.63) is 24.3 Å². The second-order valence-corrected chi connectivity index (χ2v) is 5.10. The highest BCUT2D eigenvalue weighted by molar-refractivity contribution is 5.31. The molecule has 1 saturated heterocycles. The summed E-state index contributed by atoms with van der Waals surface area (Å²) in [6.07, 6.45) is 6.07. The molecule has 1 aliphatic rings. The molecule has 1 aliphatic heterocycles. The first-order valence-corrected chi connectivity index (χ1v) is 7.47. The topological polar surface area (TPSA) is 30.5 Å². The zero-order valence-electron chi connectivity index (χ0n) is 11.9. The molecule has 0 unspecified atom stereocenters. The maximum absolute atomic E-state index is 5.77. The van der Waals surface area contributed by atoms with E-state index in [1.54, 1.807) is 0 Å². The minimum absolute atomic E-state index is 0.640. The van der Waals surface area contributed by atoms with E-state index in [2.05, 4.69) is 12.2 Å². The quantitative estimate of drug-likeness (QED) is 0.818. The molecule has 0 bridgehead atoms. The molecule has 0 aliphatic carbocycles. The van der Waals surface area contributed by atoms with Gasteiger partial charge < -0.3 is 14.8 Å². The fourth-order valence-electron chi connectivity index (χ4n) is 2.34. The summed E-state index contributed by atoms with van der Waals surface area (Å²) in [6.45, 7) is 4.82. The Hall–Kier alpha value is -1.22. The molecule has 1 atom stereocenters. The van der Waals surface area contributed by atoms with Crippen molar-refractivity contribution in [3.8, 4) is 11.5 Å². The van der Waals surface area contributed by atoms with Gasteiger partial charge in [0.2, 0.25) is 0 Å². The van der Waals surface area contributed by atoms with Gasteiger partial charge in [-0.25, -0.2) is 0 Å². The Balaban J connectivity index is 1.67. The Bertz CT molecular complexity index is 344. The van der Waals surface area contributed by atoms with Crippen molar-refractivity contribution >= 4 is 0 Å². The SMILES string of the molecule is CCCOc1ccc(OCC[C@H]2CCCCN2)cc1. The summed E-state index contributed by atoms with van der Waals surface area (Å²) in [5.41, 5.74) is 0. The van der Waals surface area contributed by atoms with Crippen LogP contribution in [0.2, 0.25) is 0 Å². The Morgan fingerprint density at radius 1 is 1.05 bits per heavy atom. The van der Waals surface area contributed by atoms with E-state index in [-0.39, 0.29) is 0 Å². The number of nitrogens with one attached hydrogen (secondary N) is 1. The number of hydrogen-bond acceptors (Lipinski definition) is 3. The van der Waals surface area contributed by atoms with Gasteiger partial charge in [0.25, 0.3) is 0 Å². The molecule has 0 saturated carbocycles. The standard InChI is InChI=1S/C16H25NO2/c1-2-12-18-15-6-8-16(9-7-15)19-13-10-14-5-3-4-11-17-14/h6-9,14,17H,2-5,10-13H2,1H3/t14-/m1/s1. The van der Waals surface area contributed by atoms with E-state index in [1.807, 2.05) is 24.3 Å². The second-order valence-electron chi connectivity index (χ2n) is 5.10. The molecule has 1 heterocycles. The van der Waals surface area contributed by atoms with Crippen LogP contribution in [0, 0.1) is 0 Å². The Kier molecular flexibility index (Phi) is 6.02. The molecule has 1 aromatic carbocycles. The number of benzene rings is 1. The molecule has 1 N–H and O–H groups in total. The maximum Gasteiger partial charge on any atom is 0.119 e. The normalized spacial score (nSPS) is 19.1. The summed E-state index contributed by atoms with van der Waals surface area (Å²) in [6, 6.07) is 8.56. The summed E-state index contributed by atoms with van der Waals surface area (Å²) in [5.74, 6) is 1.85. The van der Waals surface area contributed by atoms with Crippen LogP contribution in [0.25, 0.3) is 0 Å². The summed E-state index contributed by atoms with van der Waals surface area (Å²) in [5, 5.41) is 3.54. The average Bonchev–Trinajstić information content (AvgIpc) is 2.47. The van der Waals surface area contributed by atoms with Gasteiger partial charge >= 0.3 is 0 Å². The van der Waals surface area contributed by atoms with E-state index in [9.17, 15) is 0 Å². The van der Waals surface area contributed by atoms with Crippen molar-refractivity contribution in [2.24, 2.45) is 0 Å². The van der Waals surface area contributed by atoms with E-state index < -0.39 is 0 Å². The average molecular weight is 263 g/mol. The fraction of sp³-hybridized carbons (Fsp3) is 0.625. The molecule has 19 heavy (non-hydrogen) atoms. The first-order chi connectivity index (χ1) is 9.38. The zero-order chi connectivity index (χ0) is 13.3. The lowest BCUT2D eigenvalue weighted by molar-refractivity contribution is 0.267. The predicted octanol–water partition coefficient (Wildman–Crippen LogP) is 3.39. The molecular weight excluding hydrogens is 238 g/mol. The van der Waals surface area contributed by atoms with E-state index >= 15 is 0 Å². The Morgan fingerprint density at radius 2 is 1.74 bits per heavy atom. The molecule has 0 spiro atoms. The van der Waals surface area contributed by atoms with Crippen LogP contribution in [0.3, 0.4) is 0 Å². The zero-order valence-corrected chi connectivity index (χ0v) is 11.9. The van der Waals surface area contributed by atoms with Crippen LogP contribution in [-0.4, -0.2) is 25.8 Å². The number of ether oxygens (including phenoxy) is 2. The monoisotopic (exact) mass is 263 g/mol. The highest BCUT2D eigenvalue weighted by Crippen LogP contribution is 2.18. The first kappa shape index (κ1) is 14.2. The van der Waals surface area contributed by atoms with Gasteiger partial charge in [-0.3, -0.25) is 0 Å². The fourth-order valence-corrected chi connectivity index (χ4v) is 2.34. The van der Waals surface area contributed by atoms with Gasteiger partial charge in [0.05, 0.1) is 13.2 Å². The van der Waals surface area contributed by atoms with Crippen molar-refractivity contribution in [1.29, 1.82) is 0 Å². The van der Waals surface area contributed by atoms with Crippen LogP contribution in [0.1, 0.15) is 39.0 Å². The summed E-state index contributed by atoms with van der Waals surface area (Å²) in [7, 11) is 0. The third-order valence-electron chi connectivity index (χ3n) is 3.44. The molecular formula is C16H25NO2. The van der Waals surface area contributed by atoms with Gasteiger partial charge in [-0.2, -0.15) is 0 Å². The third kappa shape index (κ3) is 5.11.